The van der Waals surface area contributed by atoms with Crippen molar-refractivity contribution in [3.63, 3.8) is 0 Å². The monoisotopic (exact) mass is 382 g/mol. The van der Waals surface area contributed by atoms with Crippen molar-refractivity contribution in [2.24, 2.45) is 11.5 Å². The Morgan fingerprint density at radius 3 is 2.73 bits per heavy atom. The molecule has 0 aliphatic carbocycles. The number of hydrogen-bond donors (Lipinski definition) is 5. The van der Waals surface area contributed by atoms with E-state index in [2.05, 4.69) is 20.6 Å². The first-order valence-corrected chi connectivity index (χ1v) is 10.2. The van der Waals surface area contributed by atoms with Crippen LogP contribution in [0.25, 0.3) is 0 Å². The molecule has 0 saturated carbocycles. The van der Waals surface area contributed by atoms with Crippen LogP contribution in [0.1, 0.15) is 18.5 Å². The molecule has 0 aromatic carbocycles. The quantitative estimate of drug-likeness (QED) is 0.410. The molecule has 3 heterocycles. The zero-order chi connectivity index (χ0) is 18.9. The van der Waals surface area contributed by atoms with Gasteiger partial charge in [-0.25, -0.2) is 4.98 Å². The molecule has 2 amide bonds. The van der Waals surface area contributed by atoms with E-state index in [-0.39, 0.29) is 30.3 Å². The van der Waals surface area contributed by atoms with E-state index in [0.29, 0.717) is 18.7 Å². The van der Waals surface area contributed by atoms with Crippen LogP contribution in [0.2, 0.25) is 0 Å². The van der Waals surface area contributed by atoms with Crippen LogP contribution >= 0.6 is 10.0 Å². The Kier molecular flexibility index (Phi) is 5.12. The average molecular weight is 382 g/mol. The minimum Gasteiger partial charge on any atom is -0.361 e. The Bertz CT molecular complexity index is 739. The van der Waals surface area contributed by atoms with Gasteiger partial charge in [-0.1, -0.05) is 10.0 Å². The summed E-state index contributed by atoms with van der Waals surface area (Å²) in [6.45, 7) is 0.317. The molecule has 2 fully saturated rings. The van der Waals surface area contributed by atoms with Crippen LogP contribution in [0, 0.1) is 0 Å². The van der Waals surface area contributed by atoms with Gasteiger partial charge in [0.05, 0.1) is 18.4 Å². The highest BCUT2D eigenvalue weighted by atomic mass is 32.3. The highest BCUT2D eigenvalue weighted by Gasteiger charge is 2.54. The van der Waals surface area contributed by atoms with Crippen molar-refractivity contribution in [1.82, 2.24) is 20.6 Å². The molecule has 2 aliphatic heterocycles. The van der Waals surface area contributed by atoms with Gasteiger partial charge in [0.25, 0.3) is 5.24 Å². The Morgan fingerprint density at radius 2 is 2.15 bits per heavy atom. The predicted molar refractivity (Wildman–Crippen MR) is 95.3 cm³/mol. The van der Waals surface area contributed by atoms with E-state index in [1.807, 2.05) is 0 Å². The molecule has 1 aromatic heterocycles. The standard InChI is InChI=1S/C15H22N6O4S/c16-9(5-8-6-18-7-20-8)14(24)26(15(17)25)4-3-19-13(26)12(23)10-1-2-11(22)21-10/h6-7,9-10,13,19H,1-5,16H2,(H2,17,25)(H,18,20)(H,21,22)/t9-,10-,13?/m0/s1. The molecule has 2 unspecified atom stereocenters. The van der Waals surface area contributed by atoms with Gasteiger partial charge in [-0.2, -0.15) is 0 Å². The summed E-state index contributed by atoms with van der Waals surface area (Å²) in [6, 6.07) is -1.69. The van der Waals surface area contributed by atoms with Gasteiger partial charge in [0, 0.05) is 37.0 Å². The number of primary amides is 1. The summed E-state index contributed by atoms with van der Waals surface area (Å²) < 4.78 is 0. The third-order valence-corrected chi connectivity index (χ3v) is 8.56. The maximum Gasteiger partial charge on any atom is 0.267 e. The number of H-pyrrole nitrogens is 1. The van der Waals surface area contributed by atoms with Crippen LogP contribution in [0.4, 0.5) is 4.79 Å². The van der Waals surface area contributed by atoms with Crippen molar-refractivity contribution in [2.45, 2.75) is 36.7 Å². The van der Waals surface area contributed by atoms with E-state index in [0.717, 1.165) is 0 Å². The van der Waals surface area contributed by atoms with Crippen LogP contribution in [-0.4, -0.2) is 61.8 Å². The Hall–Kier alpha value is -2.24. The SMILES string of the molecule is NC(=O)S1(C(=O)[C@@H](N)Cc2cnc[nH]2)CCNC1C(=O)[C@@H]1CCC(=O)N1. The molecular weight excluding hydrogens is 360 g/mol. The molecule has 3 rings (SSSR count). The minimum atomic E-state index is -2.83. The van der Waals surface area contributed by atoms with Gasteiger partial charge < -0.3 is 21.8 Å². The van der Waals surface area contributed by atoms with Gasteiger partial charge in [0.1, 0.15) is 5.37 Å². The lowest BCUT2D eigenvalue weighted by Gasteiger charge is -2.37. The van der Waals surface area contributed by atoms with E-state index in [1.54, 1.807) is 6.20 Å². The van der Waals surface area contributed by atoms with Crippen LogP contribution < -0.4 is 22.1 Å². The average Bonchev–Trinajstić information content (AvgIpc) is 3.33. The fraction of sp³-hybridized carbons (Fsp3) is 0.533. The Morgan fingerprint density at radius 1 is 1.38 bits per heavy atom. The number of ketones is 1. The normalized spacial score (nSPS) is 31.8. The molecule has 2 saturated heterocycles. The molecule has 0 spiro atoms. The van der Waals surface area contributed by atoms with E-state index >= 15 is 0 Å². The van der Waals surface area contributed by atoms with Gasteiger partial charge in [-0.3, -0.25) is 24.5 Å². The molecule has 11 heteroatoms. The lowest BCUT2D eigenvalue weighted by Crippen LogP contribution is -2.51. The van der Waals surface area contributed by atoms with Crippen molar-refractivity contribution in [3.05, 3.63) is 18.2 Å². The van der Waals surface area contributed by atoms with Crippen LogP contribution in [0.5, 0.6) is 0 Å². The van der Waals surface area contributed by atoms with Gasteiger partial charge in [0.2, 0.25) is 5.91 Å². The molecule has 0 bridgehead atoms. The third-order valence-electron chi connectivity index (χ3n) is 4.77. The van der Waals surface area contributed by atoms with Gasteiger partial charge in [-0.05, 0) is 6.42 Å². The highest BCUT2D eigenvalue weighted by molar-refractivity contribution is 8.56. The lowest BCUT2D eigenvalue weighted by molar-refractivity contribution is -0.124. The second-order valence-corrected chi connectivity index (χ2v) is 9.69. The van der Waals surface area contributed by atoms with Crippen molar-refractivity contribution >= 4 is 32.1 Å². The van der Waals surface area contributed by atoms with Crippen molar-refractivity contribution < 1.29 is 19.2 Å². The topological polar surface area (TPSA) is 173 Å². The number of nitrogens with one attached hydrogen (secondary N) is 3. The lowest BCUT2D eigenvalue weighted by atomic mass is 10.1. The zero-order valence-corrected chi connectivity index (χ0v) is 14.9. The zero-order valence-electron chi connectivity index (χ0n) is 14.1. The fourth-order valence-electron chi connectivity index (χ4n) is 3.44. The number of rotatable bonds is 5. The van der Waals surface area contributed by atoms with E-state index in [4.69, 9.17) is 11.5 Å². The Balaban J connectivity index is 1.85. The molecule has 0 radical (unpaired) electrons. The maximum absolute atomic E-state index is 13.1. The van der Waals surface area contributed by atoms with Crippen LogP contribution in [-0.2, 0) is 20.8 Å². The number of carbonyl (C=O) groups excluding carboxylic acids is 4. The largest absolute Gasteiger partial charge is 0.361 e. The summed E-state index contributed by atoms with van der Waals surface area (Å²) in [7, 11) is -2.83. The third kappa shape index (κ3) is 3.13. The number of nitrogens with zero attached hydrogens (tertiary/aromatic N) is 1. The number of amides is 2. The molecule has 2 aliphatic rings. The molecule has 4 atom stereocenters. The highest BCUT2D eigenvalue weighted by Crippen LogP contribution is 2.56. The number of imidazole rings is 1. The summed E-state index contributed by atoms with van der Waals surface area (Å²) >= 11 is 0. The minimum absolute atomic E-state index is 0.169. The molecule has 26 heavy (non-hydrogen) atoms. The van der Waals surface area contributed by atoms with Crippen LogP contribution in [0.3, 0.4) is 0 Å². The van der Waals surface area contributed by atoms with Crippen molar-refractivity contribution in [3.8, 4) is 0 Å². The smallest absolute Gasteiger partial charge is 0.267 e. The molecule has 1 aromatic rings. The number of aromatic nitrogens is 2. The van der Waals surface area contributed by atoms with Gasteiger partial charge >= 0.3 is 0 Å². The van der Waals surface area contributed by atoms with E-state index < -0.39 is 37.8 Å². The van der Waals surface area contributed by atoms with E-state index in [1.165, 1.54) is 6.33 Å². The Labute approximate surface area is 151 Å². The predicted octanol–water partition coefficient (Wildman–Crippen LogP) is -1.53. The van der Waals surface area contributed by atoms with Crippen molar-refractivity contribution in [1.29, 1.82) is 0 Å². The second kappa shape index (κ2) is 7.17. The number of aromatic amines is 1. The van der Waals surface area contributed by atoms with Gasteiger partial charge in [-0.15, -0.1) is 0 Å². The maximum atomic E-state index is 13.1. The summed E-state index contributed by atoms with van der Waals surface area (Å²) in [6.07, 6.45) is 3.77. The summed E-state index contributed by atoms with van der Waals surface area (Å²) in [4.78, 5) is 56.5. The summed E-state index contributed by atoms with van der Waals surface area (Å²) in [5, 5.41) is 3.24. The second-order valence-electron chi connectivity index (χ2n) is 6.42. The van der Waals surface area contributed by atoms with Gasteiger partial charge in [0.15, 0.2) is 10.9 Å². The number of hydrogen-bond acceptors (Lipinski definition) is 7. The van der Waals surface area contributed by atoms with Crippen molar-refractivity contribution in [2.75, 3.05) is 12.3 Å². The van der Waals surface area contributed by atoms with E-state index in [9.17, 15) is 19.2 Å². The number of nitrogens with two attached hydrogens (primary N) is 2. The molecule has 7 N–H and O–H groups in total. The molecular formula is C15H22N6O4S. The molecule has 142 valence electrons. The first-order valence-electron chi connectivity index (χ1n) is 8.29. The fourth-order valence-corrected chi connectivity index (χ4v) is 6.77. The summed E-state index contributed by atoms with van der Waals surface area (Å²) in [5.41, 5.74) is 12.3. The van der Waals surface area contributed by atoms with Crippen LogP contribution in [0.15, 0.2) is 12.5 Å². The number of carbonyl (C=O) groups is 4. The molecule has 10 nitrogen and oxygen atoms in total. The first kappa shape index (κ1) is 18.5. The summed E-state index contributed by atoms with van der Waals surface area (Å²) in [5.74, 6) is -0.415. The first-order chi connectivity index (χ1) is 12.4. The number of Topliss-reactive ketones (excluding diaryl/α,β-unsaturated/α-hetero) is 1.